The molecule has 3 nitrogen and oxygen atoms in total. The highest BCUT2D eigenvalue weighted by Crippen LogP contribution is 2.18. The van der Waals surface area contributed by atoms with E-state index in [1.807, 2.05) is 6.07 Å². The molecule has 1 saturated heterocycles. The monoisotopic (exact) mass is 251 g/mol. The first-order chi connectivity index (χ1) is 8.66. The van der Waals surface area contributed by atoms with Gasteiger partial charge in [0.25, 0.3) is 0 Å². The van der Waals surface area contributed by atoms with Crippen molar-refractivity contribution in [3.8, 4) is 0 Å². The summed E-state index contributed by atoms with van der Waals surface area (Å²) in [6.45, 7) is 7.10. The zero-order valence-corrected chi connectivity index (χ0v) is 11.0. The highest BCUT2D eigenvalue weighted by molar-refractivity contribution is 5.26. The van der Waals surface area contributed by atoms with Gasteiger partial charge in [-0.1, -0.05) is 12.1 Å². The molecule has 1 unspecified atom stereocenters. The van der Waals surface area contributed by atoms with Crippen LogP contribution in [0.2, 0.25) is 0 Å². The van der Waals surface area contributed by atoms with E-state index in [0.717, 1.165) is 44.7 Å². The standard InChI is InChI=1S/C14H22FN3/c1-11-10-12(2-3-13(11)15)14(16)4-7-18-8-5-17-6-9-18/h2-3,10,14,17H,4-9,16H2,1H3. The van der Waals surface area contributed by atoms with Gasteiger partial charge in [0, 0.05) is 38.8 Å². The molecule has 18 heavy (non-hydrogen) atoms. The third-order valence-corrected chi connectivity index (χ3v) is 3.58. The van der Waals surface area contributed by atoms with Gasteiger partial charge in [-0.25, -0.2) is 4.39 Å². The van der Waals surface area contributed by atoms with Crippen LogP contribution in [-0.2, 0) is 0 Å². The normalized spacial score (nSPS) is 18.8. The van der Waals surface area contributed by atoms with E-state index < -0.39 is 0 Å². The lowest BCUT2D eigenvalue weighted by Crippen LogP contribution is -2.44. The molecule has 2 rings (SSSR count). The molecular formula is C14H22FN3. The summed E-state index contributed by atoms with van der Waals surface area (Å²) in [5.74, 6) is -0.159. The molecule has 0 bridgehead atoms. The fraction of sp³-hybridized carbons (Fsp3) is 0.571. The summed E-state index contributed by atoms with van der Waals surface area (Å²) in [6, 6.07) is 5.16. The van der Waals surface area contributed by atoms with Crippen LogP contribution in [0.4, 0.5) is 4.39 Å². The number of hydrogen-bond donors (Lipinski definition) is 2. The molecule has 1 aromatic rings. The predicted molar refractivity (Wildman–Crippen MR) is 72.0 cm³/mol. The van der Waals surface area contributed by atoms with Crippen LogP contribution < -0.4 is 11.1 Å². The van der Waals surface area contributed by atoms with Crippen LogP contribution in [0.1, 0.15) is 23.6 Å². The van der Waals surface area contributed by atoms with Gasteiger partial charge in [0.15, 0.2) is 0 Å². The van der Waals surface area contributed by atoms with Gasteiger partial charge < -0.3 is 16.0 Å². The Bertz CT molecular complexity index is 389. The average Bonchev–Trinajstić information content (AvgIpc) is 2.40. The molecule has 0 aliphatic carbocycles. The predicted octanol–water partition coefficient (Wildman–Crippen LogP) is 1.43. The first-order valence-electron chi connectivity index (χ1n) is 6.61. The molecule has 0 radical (unpaired) electrons. The molecule has 1 aliphatic rings. The summed E-state index contributed by atoms with van der Waals surface area (Å²) in [6.07, 6.45) is 0.922. The van der Waals surface area contributed by atoms with E-state index in [1.165, 1.54) is 6.07 Å². The number of nitrogens with zero attached hydrogens (tertiary/aromatic N) is 1. The summed E-state index contributed by atoms with van der Waals surface area (Å²) < 4.78 is 13.2. The molecule has 1 aliphatic heterocycles. The molecular weight excluding hydrogens is 229 g/mol. The third kappa shape index (κ3) is 3.51. The zero-order chi connectivity index (χ0) is 13.0. The van der Waals surface area contributed by atoms with Crippen molar-refractivity contribution in [1.29, 1.82) is 0 Å². The van der Waals surface area contributed by atoms with Crippen molar-refractivity contribution in [3.63, 3.8) is 0 Å². The minimum Gasteiger partial charge on any atom is -0.324 e. The number of nitrogens with two attached hydrogens (primary N) is 1. The fourth-order valence-corrected chi connectivity index (χ4v) is 2.32. The molecule has 0 aromatic heterocycles. The average molecular weight is 251 g/mol. The second-order valence-electron chi connectivity index (χ2n) is 5.00. The number of nitrogens with one attached hydrogen (secondary N) is 1. The Morgan fingerprint density at radius 1 is 1.39 bits per heavy atom. The fourth-order valence-electron chi connectivity index (χ4n) is 2.32. The van der Waals surface area contributed by atoms with Crippen molar-refractivity contribution in [1.82, 2.24) is 10.2 Å². The molecule has 0 amide bonds. The minimum atomic E-state index is -0.159. The number of aryl methyl sites for hydroxylation is 1. The van der Waals surface area contributed by atoms with E-state index in [9.17, 15) is 4.39 Å². The molecule has 1 heterocycles. The number of halogens is 1. The smallest absolute Gasteiger partial charge is 0.126 e. The van der Waals surface area contributed by atoms with Crippen LogP contribution in [0.15, 0.2) is 18.2 Å². The second kappa shape index (κ2) is 6.27. The third-order valence-electron chi connectivity index (χ3n) is 3.58. The van der Waals surface area contributed by atoms with Crippen molar-refractivity contribution < 1.29 is 4.39 Å². The van der Waals surface area contributed by atoms with Gasteiger partial charge in [0.1, 0.15) is 5.82 Å². The maximum atomic E-state index is 13.2. The lowest BCUT2D eigenvalue weighted by Gasteiger charge is -2.28. The zero-order valence-electron chi connectivity index (χ0n) is 11.0. The van der Waals surface area contributed by atoms with Gasteiger partial charge in [0.05, 0.1) is 0 Å². The van der Waals surface area contributed by atoms with Crippen LogP contribution in [0.3, 0.4) is 0 Å². The van der Waals surface area contributed by atoms with Crippen molar-refractivity contribution >= 4 is 0 Å². The molecule has 3 N–H and O–H groups in total. The van der Waals surface area contributed by atoms with Crippen molar-refractivity contribution in [3.05, 3.63) is 35.1 Å². The van der Waals surface area contributed by atoms with Gasteiger partial charge in [-0.2, -0.15) is 0 Å². The highest BCUT2D eigenvalue weighted by atomic mass is 19.1. The number of piperazine rings is 1. The van der Waals surface area contributed by atoms with Gasteiger partial charge in [-0.3, -0.25) is 0 Å². The lowest BCUT2D eigenvalue weighted by atomic mass is 10.0. The molecule has 0 saturated carbocycles. The quantitative estimate of drug-likeness (QED) is 0.850. The van der Waals surface area contributed by atoms with Crippen LogP contribution in [0.5, 0.6) is 0 Å². The van der Waals surface area contributed by atoms with E-state index in [4.69, 9.17) is 5.73 Å². The Labute approximate surface area is 108 Å². The first kappa shape index (κ1) is 13.5. The second-order valence-corrected chi connectivity index (χ2v) is 5.00. The van der Waals surface area contributed by atoms with E-state index in [0.29, 0.717) is 5.56 Å². The Morgan fingerprint density at radius 3 is 2.78 bits per heavy atom. The lowest BCUT2D eigenvalue weighted by molar-refractivity contribution is 0.233. The van der Waals surface area contributed by atoms with E-state index in [-0.39, 0.29) is 11.9 Å². The van der Waals surface area contributed by atoms with Crippen molar-refractivity contribution in [2.24, 2.45) is 5.73 Å². The van der Waals surface area contributed by atoms with E-state index >= 15 is 0 Å². The van der Waals surface area contributed by atoms with Gasteiger partial charge in [0.2, 0.25) is 0 Å². The molecule has 1 atom stereocenters. The molecule has 4 heteroatoms. The maximum absolute atomic E-state index is 13.2. The minimum absolute atomic E-state index is 0.000754. The van der Waals surface area contributed by atoms with E-state index in [2.05, 4.69) is 10.2 Å². The maximum Gasteiger partial charge on any atom is 0.126 e. The number of rotatable bonds is 4. The Kier molecular flexibility index (Phi) is 4.69. The Hall–Kier alpha value is -0.970. The number of hydrogen-bond acceptors (Lipinski definition) is 3. The summed E-state index contributed by atoms with van der Waals surface area (Å²) in [4.78, 5) is 2.42. The summed E-state index contributed by atoms with van der Waals surface area (Å²) in [7, 11) is 0. The van der Waals surface area contributed by atoms with Crippen LogP contribution in [0, 0.1) is 12.7 Å². The molecule has 1 fully saturated rings. The van der Waals surface area contributed by atoms with Crippen molar-refractivity contribution in [2.75, 3.05) is 32.7 Å². The molecule has 0 spiro atoms. The number of benzene rings is 1. The summed E-state index contributed by atoms with van der Waals surface area (Å²) in [5, 5.41) is 3.33. The SMILES string of the molecule is Cc1cc(C(N)CCN2CCNCC2)ccc1F. The van der Waals surface area contributed by atoms with Gasteiger partial charge in [-0.15, -0.1) is 0 Å². The Balaban J connectivity index is 1.86. The molecule has 1 aromatic carbocycles. The largest absolute Gasteiger partial charge is 0.324 e. The van der Waals surface area contributed by atoms with Gasteiger partial charge >= 0.3 is 0 Å². The van der Waals surface area contributed by atoms with E-state index in [1.54, 1.807) is 13.0 Å². The summed E-state index contributed by atoms with van der Waals surface area (Å²) in [5.41, 5.74) is 7.87. The highest BCUT2D eigenvalue weighted by Gasteiger charge is 2.13. The molecule has 100 valence electrons. The van der Waals surface area contributed by atoms with Crippen molar-refractivity contribution in [2.45, 2.75) is 19.4 Å². The van der Waals surface area contributed by atoms with Gasteiger partial charge in [-0.05, 0) is 30.5 Å². The first-order valence-corrected chi connectivity index (χ1v) is 6.61. The Morgan fingerprint density at radius 2 is 2.11 bits per heavy atom. The summed E-state index contributed by atoms with van der Waals surface area (Å²) >= 11 is 0. The van der Waals surface area contributed by atoms with Crippen LogP contribution >= 0.6 is 0 Å². The van der Waals surface area contributed by atoms with Crippen LogP contribution in [-0.4, -0.2) is 37.6 Å². The van der Waals surface area contributed by atoms with Crippen LogP contribution in [0.25, 0.3) is 0 Å². The topological polar surface area (TPSA) is 41.3 Å².